The molecular formula is C19H24N4OS2. The van der Waals surface area contributed by atoms with Crippen LogP contribution in [-0.4, -0.2) is 22.0 Å². The number of hydrogen-bond donors (Lipinski definition) is 3. The normalized spacial score (nSPS) is 14.7. The van der Waals surface area contributed by atoms with Crippen LogP contribution in [0.25, 0.3) is 11.3 Å². The number of carbonyl (C=O) groups is 1. The maximum absolute atomic E-state index is 11.0. The van der Waals surface area contributed by atoms with Gasteiger partial charge in [-0.2, -0.15) is 0 Å². The number of hydrogen-bond acceptors (Lipinski definition) is 4. The number of amides is 1. The first-order valence-electron chi connectivity index (χ1n) is 8.97. The Kier molecular flexibility index (Phi) is 6.57. The zero-order valence-corrected chi connectivity index (χ0v) is 16.5. The van der Waals surface area contributed by atoms with E-state index < -0.39 is 0 Å². The molecule has 0 saturated heterocycles. The minimum Gasteiger partial charge on any atom is -0.360 e. The number of rotatable bonds is 5. The van der Waals surface area contributed by atoms with E-state index in [9.17, 15) is 4.79 Å². The van der Waals surface area contributed by atoms with E-state index >= 15 is 0 Å². The van der Waals surface area contributed by atoms with Crippen molar-refractivity contribution in [3.8, 4) is 11.3 Å². The molecular weight excluding hydrogens is 364 g/mol. The maximum atomic E-state index is 11.0. The molecule has 1 heterocycles. The van der Waals surface area contributed by atoms with Gasteiger partial charge in [-0.25, -0.2) is 4.98 Å². The minimum absolute atomic E-state index is 0.0258. The van der Waals surface area contributed by atoms with Gasteiger partial charge in [0.1, 0.15) is 0 Å². The van der Waals surface area contributed by atoms with Crippen molar-refractivity contribution in [2.45, 2.75) is 51.6 Å². The molecule has 0 radical (unpaired) electrons. The Morgan fingerprint density at radius 1 is 1.23 bits per heavy atom. The summed E-state index contributed by atoms with van der Waals surface area (Å²) in [6, 6.07) is 8.54. The fraction of sp³-hybridized carbons (Fsp3) is 0.421. The van der Waals surface area contributed by atoms with Crippen molar-refractivity contribution in [2.75, 3.05) is 5.32 Å². The Hall–Kier alpha value is -1.99. The number of aromatic nitrogens is 1. The van der Waals surface area contributed by atoms with Crippen molar-refractivity contribution in [1.29, 1.82) is 0 Å². The maximum Gasteiger partial charge on any atom is 0.217 e. The largest absolute Gasteiger partial charge is 0.360 e. The van der Waals surface area contributed by atoms with E-state index in [1.807, 2.05) is 29.6 Å². The van der Waals surface area contributed by atoms with Crippen LogP contribution >= 0.6 is 23.6 Å². The standard InChI is InChI=1S/C19H24N4OS2/c1-13(24)20-11-14-7-9-15(10-8-14)17-12-26-19(22-17)23-18(25)21-16-5-3-2-4-6-16/h7-10,12,16H,2-6,11H2,1H3,(H,20,24)(H2,21,22,23,25). The molecule has 1 aliphatic carbocycles. The second-order valence-electron chi connectivity index (χ2n) is 6.58. The highest BCUT2D eigenvalue weighted by Gasteiger charge is 2.14. The van der Waals surface area contributed by atoms with Gasteiger partial charge in [-0.05, 0) is 30.6 Å². The number of nitrogens with zero attached hydrogens (tertiary/aromatic N) is 1. The molecule has 0 spiro atoms. The lowest BCUT2D eigenvalue weighted by molar-refractivity contribution is -0.119. The summed E-state index contributed by atoms with van der Waals surface area (Å²) in [7, 11) is 0. The summed E-state index contributed by atoms with van der Waals surface area (Å²) in [5, 5.41) is 12.9. The molecule has 1 saturated carbocycles. The fourth-order valence-electron chi connectivity index (χ4n) is 3.05. The number of benzene rings is 1. The van der Waals surface area contributed by atoms with Crippen molar-refractivity contribution in [3.63, 3.8) is 0 Å². The quantitative estimate of drug-likeness (QED) is 0.674. The third-order valence-electron chi connectivity index (χ3n) is 4.46. The summed E-state index contributed by atoms with van der Waals surface area (Å²) in [5.41, 5.74) is 3.03. The molecule has 1 fully saturated rings. The van der Waals surface area contributed by atoms with Crippen LogP contribution in [0, 0.1) is 0 Å². The van der Waals surface area contributed by atoms with E-state index in [0.29, 0.717) is 17.7 Å². The van der Waals surface area contributed by atoms with Crippen LogP contribution < -0.4 is 16.0 Å². The predicted octanol–water partition coefficient (Wildman–Crippen LogP) is 4.07. The fourth-order valence-corrected chi connectivity index (χ4v) is 4.10. The van der Waals surface area contributed by atoms with Crippen molar-refractivity contribution in [3.05, 3.63) is 35.2 Å². The van der Waals surface area contributed by atoms with Gasteiger partial charge in [0.2, 0.25) is 5.91 Å². The van der Waals surface area contributed by atoms with Crippen molar-refractivity contribution in [2.24, 2.45) is 0 Å². The van der Waals surface area contributed by atoms with Gasteiger partial charge in [0.05, 0.1) is 5.69 Å². The Bertz CT molecular complexity index is 751. The van der Waals surface area contributed by atoms with Gasteiger partial charge in [0.25, 0.3) is 0 Å². The molecule has 0 aliphatic heterocycles. The molecule has 1 aromatic heterocycles. The lowest BCUT2D eigenvalue weighted by Gasteiger charge is -2.23. The summed E-state index contributed by atoms with van der Waals surface area (Å²) in [5.74, 6) is -0.0258. The Labute approximate surface area is 163 Å². The number of thiazole rings is 1. The second-order valence-corrected chi connectivity index (χ2v) is 7.84. The number of anilines is 1. The molecule has 5 nitrogen and oxygen atoms in total. The van der Waals surface area contributed by atoms with E-state index in [1.54, 1.807) is 11.3 Å². The number of carbonyl (C=O) groups excluding carboxylic acids is 1. The molecule has 2 aromatic rings. The summed E-state index contributed by atoms with van der Waals surface area (Å²) in [4.78, 5) is 15.6. The highest BCUT2D eigenvalue weighted by molar-refractivity contribution is 7.80. The molecule has 1 amide bonds. The van der Waals surface area contributed by atoms with Crippen molar-refractivity contribution >= 4 is 39.7 Å². The predicted molar refractivity (Wildman–Crippen MR) is 111 cm³/mol. The van der Waals surface area contributed by atoms with Crippen LogP contribution in [0.4, 0.5) is 5.13 Å². The molecule has 0 atom stereocenters. The van der Waals surface area contributed by atoms with E-state index in [1.165, 1.54) is 39.0 Å². The average Bonchev–Trinajstić information content (AvgIpc) is 3.09. The first-order valence-corrected chi connectivity index (χ1v) is 10.3. The first-order chi connectivity index (χ1) is 12.6. The highest BCUT2D eigenvalue weighted by Crippen LogP contribution is 2.25. The Morgan fingerprint density at radius 2 is 1.96 bits per heavy atom. The first kappa shape index (κ1) is 18.8. The van der Waals surface area contributed by atoms with Crippen LogP contribution in [0.2, 0.25) is 0 Å². The van der Waals surface area contributed by atoms with Crippen molar-refractivity contribution in [1.82, 2.24) is 15.6 Å². The van der Waals surface area contributed by atoms with Crippen LogP contribution in [0.15, 0.2) is 29.6 Å². The van der Waals surface area contributed by atoms with Crippen LogP contribution in [0.5, 0.6) is 0 Å². The van der Waals surface area contributed by atoms with E-state index in [0.717, 1.165) is 22.0 Å². The molecule has 138 valence electrons. The van der Waals surface area contributed by atoms with Gasteiger partial charge in [0, 0.05) is 30.5 Å². The van der Waals surface area contributed by atoms with Crippen LogP contribution in [0.3, 0.4) is 0 Å². The summed E-state index contributed by atoms with van der Waals surface area (Å²) >= 11 is 6.97. The lowest BCUT2D eigenvalue weighted by Crippen LogP contribution is -2.38. The van der Waals surface area contributed by atoms with Crippen LogP contribution in [0.1, 0.15) is 44.6 Å². The molecule has 0 bridgehead atoms. The van der Waals surface area contributed by atoms with Gasteiger partial charge < -0.3 is 16.0 Å². The minimum atomic E-state index is -0.0258. The van der Waals surface area contributed by atoms with Crippen LogP contribution in [-0.2, 0) is 11.3 Å². The van der Waals surface area contributed by atoms with Gasteiger partial charge >= 0.3 is 0 Å². The zero-order valence-electron chi connectivity index (χ0n) is 14.9. The average molecular weight is 389 g/mol. The third-order valence-corrected chi connectivity index (χ3v) is 5.43. The number of nitrogens with one attached hydrogen (secondary N) is 3. The molecule has 7 heteroatoms. The molecule has 3 N–H and O–H groups in total. The second kappa shape index (κ2) is 9.09. The van der Waals surface area contributed by atoms with E-state index in [-0.39, 0.29) is 5.91 Å². The van der Waals surface area contributed by atoms with Gasteiger partial charge in [-0.3, -0.25) is 4.79 Å². The topological polar surface area (TPSA) is 66.1 Å². The summed E-state index contributed by atoms with van der Waals surface area (Å²) in [6.45, 7) is 2.06. The zero-order chi connectivity index (χ0) is 18.4. The monoisotopic (exact) mass is 388 g/mol. The molecule has 3 rings (SSSR count). The van der Waals surface area contributed by atoms with Gasteiger partial charge in [-0.1, -0.05) is 43.5 Å². The molecule has 0 unspecified atom stereocenters. The van der Waals surface area contributed by atoms with Crippen molar-refractivity contribution < 1.29 is 4.79 Å². The third kappa shape index (κ3) is 5.51. The summed E-state index contributed by atoms with van der Waals surface area (Å²) in [6.07, 6.45) is 6.27. The Balaban J connectivity index is 1.55. The number of thiocarbonyl (C=S) groups is 1. The van der Waals surface area contributed by atoms with Gasteiger partial charge in [-0.15, -0.1) is 11.3 Å². The van der Waals surface area contributed by atoms with E-state index in [2.05, 4.69) is 20.9 Å². The lowest BCUT2D eigenvalue weighted by atomic mass is 9.96. The highest BCUT2D eigenvalue weighted by atomic mass is 32.1. The van der Waals surface area contributed by atoms with Gasteiger partial charge in [0.15, 0.2) is 10.2 Å². The Morgan fingerprint density at radius 3 is 2.65 bits per heavy atom. The molecule has 1 aromatic carbocycles. The molecule has 1 aliphatic rings. The molecule has 26 heavy (non-hydrogen) atoms. The van der Waals surface area contributed by atoms with E-state index in [4.69, 9.17) is 12.2 Å². The summed E-state index contributed by atoms with van der Waals surface area (Å²) < 4.78 is 0. The SMILES string of the molecule is CC(=O)NCc1ccc(-c2csc(NC(=S)NC3CCCCC3)n2)cc1. The smallest absolute Gasteiger partial charge is 0.217 e.